The molecular weight excluding hydrogens is 424 g/mol. The molecule has 5 nitrogen and oxygen atoms in total. The first kappa shape index (κ1) is 21.1. The van der Waals surface area contributed by atoms with Crippen LogP contribution in [-0.4, -0.2) is 35.3 Å². The predicted molar refractivity (Wildman–Crippen MR) is 90.4 cm³/mol. The molecule has 0 amide bonds. The number of aromatic nitrogens is 2. The third-order valence-corrected chi connectivity index (χ3v) is 6.07. The van der Waals surface area contributed by atoms with Crippen LogP contribution >= 0.6 is 0 Å². The summed E-state index contributed by atoms with van der Waals surface area (Å²) < 4.78 is 106. The molecule has 3 aromatic rings. The van der Waals surface area contributed by atoms with E-state index >= 15 is 0 Å². The Hall–Kier alpha value is -2.60. The Morgan fingerprint density at radius 2 is 1.62 bits per heavy atom. The Morgan fingerprint density at radius 1 is 1.00 bits per heavy atom. The van der Waals surface area contributed by atoms with Crippen molar-refractivity contribution in [2.75, 3.05) is 7.05 Å². The van der Waals surface area contributed by atoms with Crippen LogP contribution in [0.2, 0.25) is 0 Å². The van der Waals surface area contributed by atoms with E-state index < -0.39 is 44.4 Å². The van der Waals surface area contributed by atoms with Crippen LogP contribution < -0.4 is 0 Å². The highest BCUT2D eigenvalue weighted by molar-refractivity contribution is 7.89. The second kappa shape index (κ2) is 7.02. The third-order valence-electron chi connectivity index (χ3n) is 4.27. The monoisotopic (exact) mass is 437 g/mol. The normalized spacial score (nSPS) is 14.5. The van der Waals surface area contributed by atoms with Gasteiger partial charge in [-0.3, -0.25) is 0 Å². The van der Waals surface area contributed by atoms with Crippen LogP contribution in [0.15, 0.2) is 59.9 Å². The van der Waals surface area contributed by atoms with Crippen molar-refractivity contribution in [3.05, 3.63) is 66.1 Å². The Kier molecular flexibility index (Phi) is 5.11. The van der Waals surface area contributed by atoms with Gasteiger partial charge in [0.05, 0.1) is 10.5 Å². The molecule has 0 N–H and O–H groups in total. The minimum absolute atomic E-state index is 0.0910. The van der Waals surface area contributed by atoms with E-state index in [9.17, 15) is 34.8 Å². The summed E-state index contributed by atoms with van der Waals surface area (Å²) in [4.78, 5) is 3.49. The van der Waals surface area contributed by atoms with E-state index in [-0.39, 0.29) is 4.31 Å². The quantitative estimate of drug-likeness (QED) is 0.573. The van der Waals surface area contributed by atoms with Crippen molar-refractivity contribution in [3.63, 3.8) is 0 Å². The Morgan fingerprint density at radius 3 is 2.17 bits per heavy atom. The van der Waals surface area contributed by atoms with Crippen molar-refractivity contribution in [1.29, 1.82) is 0 Å². The first-order valence-electron chi connectivity index (χ1n) is 7.96. The van der Waals surface area contributed by atoms with Gasteiger partial charge in [-0.15, -0.1) is 0 Å². The summed E-state index contributed by atoms with van der Waals surface area (Å²) in [6, 6.07) is 1.94. The Balaban J connectivity index is 2.04. The number of hydrogen-bond acceptors (Lipinski definition) is 3. The lowest BCUT2D eigenvalue weighted by Gasteiger charge is -2.29. The number of pyridine rings is 1. The molecule has 0 saturated carbocycles. The molecule has 12 heteroatoms. The molecule has 0 radical (unpaired) electrons. The van der Waals surface area contributed by atoms with Gasteiger partial charge in [0, 0.05) is 25.6 Å². The van der Waals surface area contributed by atoms with Gasteiger partial charge in [-0.25, -0.2) is 13.4 Å². The molecule has 29 heavy (non-hydrogen) atoms. The van der Waals surface area contributed by atoms with Crippen molar-refractivity contribution < 1.29 is 34.8 Å². The van der Waals surface area contributed by atoms with E-state index in [1.165, 1.54) is 22.9 Å². The summed E-state index contributed by atoms with van der Waals surface area (Å²) in [5.41, 5.74) is -1.39. The Labute approximate surface area is 161 Å². The standard InChI is InChI=1S/C17H13F6N3O2S/c1-25(29(27,28)13-6-7-14-24-8-9-26(14)10-13)15(17(21,22)23)11-2-4-12(5-3-11)16(18,19)20/h2-10,15H,1H3/t15-/m1/s1. The van der Waals surface area contributed by atoms with Crippen LogP contribution in [0.5, 0.6) is 0 Å². The van der Waals surface area contributed by atoms with E-state index in [0.717, 1.165) is 19.3 Å². The highest BCUT2D eigenvalue weighted by Crippen LogP contribution is 2.40. The van der Waals surface area contributed by atoms with Crippen LogP contribution in [-0.2, 0) is 16.2 Å². The zero-order chi connectivity index (χ0) is 21.6. The van der Waals surface area contributed by atoms with Crippen molar-refractivity contribution in [3.8, 4) is 0 Å². The molecular formula is C17H13F6N3O2S. The summed E-state index contributed by atoms with van der Waals surface area (Å²) >= 11 is 0. The molecule has 0 aliphatic carbocycles. The van der Waals surface area contributed by atoms with Gasteiger partial charge in [-0.05, 0) is 29.8 Å². The van der Waals surface area contributed by atoms with Gasteiger partial charge in [-0.1, -0.05) is 12.1 Å². The number of sulfonamides is 1. The molecule has 0 fully saturated rings. The highest BCUT2D eigenvalue weighted by Gasteiger charge is 2.48. The summed E-state index contributed by atoms with van der Waals surface area (Å²) in [6.07, 6.45) is -5.89. The van der Waals surface area contributed by atoms with Gasteiger partial charge >= 0.3 is 12.4 Å². The maximum absolute atomic E-state index is 13.7. The fourth-order valence-corrected chi connectivity index (χ4v) is 4.15. The maximum atomic E-state index is 13.7. The minimum Gasteiger partial charge on any atom is -0.306 e. The largest absolute Gasteiger partial charge is 0.416 e. The molecule has 1 atom stereocenters. The van der Waals surface area contributed by atoms with E-state index in [1.807, 2.05) is 0 Å². The lowest BCUT2D eigenvalue weighted by Crippen LogP contribution is -2.39. The van der Waals surface area contributed by atoms with E-state index in [1.54, 1.807) is 0 Å². The molecule has 0 aliphatic rings. The molecule has 2 heterocycles. The first-order chi connectivity index (χ1) is 13.3. The number of nitrogens with zero attached hydrogens (tertiary/aromatic N) is 3. The van der Waals surface area contributed by atoms with Crippen molar-refractivity contribution >= 4 is 15.7 Å². The molecule has 3 rings (SSSR count). The highest BCUT2D eigenvalue weighted by atomic mass is 32.2. The molecule has 1 aromatic carbocycles. The average molecular weight is 437 g/mol. The van der Waals surface area contributed by atoms with Crippen molar-refractivity contribution in [2.24, 2.45) is 0 Å². The third kappa shape index (κ3) is 4.08. The number of alkyl halides is 6. The molecule has 0 saturated heterocycles. The molecule has 2 aromatic heterocycles. The van der Waals surface area contributed by atoms with Gasteiger partial charge in [-0.2, -0.15) is 30.6 Å². The molecule has 0 spiro atoms. The predicted octanol–water partition coefficient (Wildman–Crippen LogP) is 4.28. The minimum atomic E-state index is -5.07. The summed E-state index contributed by atoms with van der Waals surface area (Å²) in [7, 11) is -3.91. The second-order valence-corrected chi connectivity index (χ2v) is 8.14. The maximum Gasteiger partial charge on any atom is 0.416 e. The topological polar surface area (TPSA) is 54.7 Å². The smallest absolute Gasteiger partial charge is 0.306 e. The van der Waals surface area contributed by atoms with Gasteiger partial charge in [0.25, 0.3) is 0 Å². The molecule has 0 bridgehead atoms. The fourth-order valence-electron chi connectivity index (χ4n) is 2.82. The summed E-state index contributed by atoms with van der Waals surface area (Å²) in [6.45, 7) is 0. The lowest BCUT2D eigenvalue weighted by molar-refractivity contribution is -0.171. The lowest BCUT2D eigenvalue weighted by atomic mass is 10.0. The van der Waals surface area contributed by atoms with Gasteiger partial charge in [0.1, 0.15) is 11.7 Å². The number of hydrogen-bond donors (Lipinski definition) is 0. The Bertz CT molecular complexity index is 1120. The number of imidazole rings is 1. The summed E-state index contributed by atoms with van der Waals surface area (Å²) in [5.74, 6) is 0. The van der Waals surface area contributed by atoms with Crippen molar-refractivity contribution in [1.82, 2.24) is 13.7 Å². The number of halogens is 6. The zero-order valence-corrected chi connectivity index (χ0v) is 15.4. The number of benzene rings is 1. The number of fused-ring (bicyclic) bond motifs is 1. The average Bonchev–Trinajstić information content (AvgIpc) is 3.08. The van der Waals surface area contributed by atoms with E-state index in [2.05, 4.69) is 4.98 Å². The first-order valence-corrected chi connectivity index (χ1v) is 9.40. The van der Waals surface area contributed by atoms with E-state index in [0.29, 0.717) is 29.9 Å². The van der Waals surface area contributed by atoms with Crippen LogP contribution in [0, 0.1) is 0 Å². The molecule has 0 aliphatic heterocycles. The second-order valence-electron chi connectivity index (χ2n) is 6.14. The van der Waals surface area contributed by atoms with Crippen LogP contribution in [0.1, 0.15) is 17.2 Å². The number of rotatable bonds is 4. The fraction of sp³-hybridized carbons (Fsp3) is 0.235. The molecule has 0 unspecified atom stereocenters. The molecule has 156 valence electrons. The zero-order valence-electron chi connectivity index (χ0n) is 14.6. The SMILES string of the molecule is CN([C@H](c1ccc(C(F)(F)F)cc1)C(F)(F)F)S(=O)(=O)c1ccc2nccn2c1. The van der Waals surface area contributed by atoms with Crippen LogP contribution in [0.4, 0.5) is 26.3 Å². The van der Waals surface area contributed by atoms with Crippen LogP contribution in [0.25, 0.3) is 5.65 Å². The van der Waals surface area contributed by atoms with Gasteiger partial charge in [0.2, 0.25) is 10.0 Å². The summed E-state index contributed by atoms with van der Waals surface area (Å²) in [5, 5.41) is 0. The van der Waals surface area contributed by atoms with Crippen LogP contribution in [0.3, 0.4) is 0 Å². The van der Waals surface area contributed by atoms with Crippen molar-refractivity contribution in [2.45, 2.75) is 23.3 Å². The van der Waals surface area contributed by atoms with Gasteiger partial charge < -0.3 is 4.40 Å². The van der Waals surface area contributed by atoms with E-state index in [4.69, 9.17) is 0 Å². The van der Waals surface area contributed by atoms with Gasteiger partial charge in [0.15, 0.2) is 0 Å².